The summed E-state index contributed by atoms with van der Waals surface area (Å²) in [5.74, 6) is 0.123. The zero-order valence-corrected chi connectivity index (χ0v) is 8.62. The van der Waals surface area contributed by atoms with E-state index in [0.29, 0.717) is 6.54 Å². The molecule has 3 N–H and O–H groups in total. The Morgan fingerprint density at radius 2 is 2.31 bits per heavy atom. The van der Waals surface area contributed by atoms with Gasteiger partial charge in [0.25, 0.3) is 0 Å². The zero-order chi connectivity index (χ0) is 9.90. The number of hydrogen-bond donors (Lipinski definition) is 2. The fraction of sp³-hybridized carbons (Fsp3) is 1.00. The van der Waals surface area contributed by atoms with Crippen LogP contribution in [0.5, 0.6) is 0 Å². The summed E-state index contributed by atoms with van der Waals surface area (Å²) in [6, 6.07) is 0. The van der Waals surface area contributed by atoms with Crippen LogP contribution in [-0.4, -0.2) is 30.5 Å². The molecule has 3 heteroatoms. The second-order valence-electron chi connectivity index (χ2n) is 4.10. The van der Waals surface area contributed by atoms with E-state index in [-0.39, 0.29) is 12.0 Å². The monoisotopic (exact) mass is 187 g/mol. The van der Waals surface area contributed by atoms with Crippen LogP contribution in [0.25, 0.3) is 0 Å². The van der Waals surface area contributed by atoms with Crippen molar-refractivity contribution in [3.63, 3.8) is 0 Å². The summed E-state index contributed by atoms with van der Waals surface area (Å²) >= 11 is 0. The van der Waals surface area contributed by atoms with Gasteiger partial charge in [-0.05, 0) is 25.3 Å². The quantitative estimate of drug-likeness (QED) is 0.690. The third-order valence-electron chi connectivity index (χ3n) is 3.34. The molecule has 0 spiro atoms. The van der Waals surface area contributed by atoms with Gasteiger partial charge in [-0.3, -0.25) is 0 Å². The van der Waals surface area contributed by atoms with Gasteiger partial charge in [0, 0.05) is 7.11 Å². The van der Waals surface area contributed by atoms with Gasteiger partial charge in [-0.15, -0.1) is 0 Å². The van der Waals surface area contributed by atoms with Crippen LogP contribution >= 0.6 is 0 Å². The van der Waals surface area contributed by atoms with Crippen LogP contribution in [-0.2, 0) is 4.74 Å². The molecule has 0 amide bonds. The Labute approximate surface area is 80.3 Å². The highest BCUT2D eigenvalue weighted by molar-refractivity contribution is 4.95. The molecule has 0 saturated heterocycles. The van der Waals surface area contributed by atoms with Crippen molar-refractivity contribution < 1.29 is 9.84 Å². The Balaban J connectivity index is 2.70. The van der Waals surface area contributed by atoms with E-state index in [4.69, 9.17) is 10.5 Å². The number of nitrogens with two attached hydrogens (primary N) is 1. The van der Waals surface area contributed by atoms with Gasteiger partial charge in [0.1, 0.15) is 0 Å². The van der Waals surface area contributed by atoms with E-state index >= 15 is 0 Å². The normalized spacial score (nSPS) is 37.4. The summed E-state index contributed by atoms with van der Waals surface area (Å²) in [7, 11) is 1.67. The molecule has 1 saturated carbocycles. The molecule has 13 heavy (non-hydrogen) atoms. The number of hydrogen-bond acceptors (Lipinski definition) is 3. The number of methoxy groups -OCH3 is 1. The van der Waals surface area contributed by atoms with Crippen molar-refractivity contribution in [2.45, 2.75) is 44.3 Å². The van der Waals surface area contributed by atoms with Crippen molar-refractivity contribution in [1.29, 1.82) is 0 Å². The molecular formula is C10H21NO2. The van der Waals surface area contributed by atoms with Crippen LogP contribution in [0.15, 0.2) is 0 Å². The van der Waals surface area contributed by atoms with Gasteiger partial charge in [0.2, 0.25) is 0 Å². The SMILES string of the molecule is COC1CCCCC1(O)C(C)CN. The first-order valence-corrected chi connectivity index (χ1v) is 5.10. The van der Waals surface area contributed by atoms with Gasteiger partial charge in [0.05, 0.1) is 11.7 Å². The van der Waals surface area contributed by atoms with E-state index < -0.39 is 5.60 Å². The first kappa shape index (κ1) is 11.0. The number of aliphatic hydroxyl groups is 1. The largest absolute Gasteiger partial charge is 0.387 e. The summed E-state index contributed by atoms with van der Waals surface area (Å²) in [4.78, 5) is 0. The van der Waals surface area contributed by atoms with Crippen LogP contribution < -0.4 is 5.73 Å². The second kappa shape index (κ2) is 4.40. The maximum Gasteiger partial charge on any atom is 0.0945 e. The molecule has 0 radical (unpaired) electrons. The van der Waals surface area contributed by atoms with Gasteiger partial charge in [-0.2, -0.15) is 0 Å². The molecule has 0 bridgehead atoms. The molecule has 0 heterocycles. The molecular weight excluding hydrogens is 166 g/mol. The first-order valence-electron chi connectivity index (χ1n) is 5.10. The maximum absolute atomic E-state index is 10.4. The fourth-order valence-corrected chi connectivity index (χ4v) is 2.24. The highest BCUT2D eigenvalue weighted by atomic mass is 16.5. The Morgan fingerprint density at radius 3 is 2.85 bits per heavy atom. The Bertz CT molecular complexity index is 163. The molecule has 78 valence electrons. The van der Waals surface area contributed by atoms with Gasteiger partial charge < -0.3 is 15.6 Å². The molecule has 0 aromatic rings. The van der Waals surface area contributed by atoms with Crippen molar-refractivity contribution in [2.24, 2.45) is 11.7 Å². The highest BCUT2D eigenvalue weighted by Gasteiger charge is 2.42. The van der Waals surface area contributed by atoms with Crippen molar-refractivity contribution >= 4 is 0 Å². The van der Waals surface area contributed by atoms with Gasteiger partial charge in [-0.25, -0.2) is 0 Å². The van der Waals surface area contributed by atoms with Crippen molar-refractivity contribution in [2.75, 3.05) is 13.7 Å². The standard InChI is InChI=1S/C10H21NO2/c1-8(7-11)10(12)6-4-3-5-9(10)13-2/h8-9,12H,3-7,11H2,1-2H3. The predicted molar refractivity (Wildman–Crippen MR) is 52.4 cm³/mol. The molecule has 1 rings (SSSR count). The summed E-state index contributed by atoms with van der Waals surface area (Å²) in [6.45, 7) is 2.52. The third kappa shape index (κ3) is 2.03. The fourth-order valence-electron chi connectivity index (χ4n) is 2.24. The zero-order valence-electron chi connectivity index (χ0n) is 8.62. The van der Waals surface area contributed by atoms with Crippen LogP contribution in [0.2, 0.25) is 0 Å². The maximum atomic E-state index is 10.4. The minimum absolute atomic E-state index is 0.0280. The molecule has 3 unspecified atom stereocenters. The molecule has 0 aliphatic heterocycles. The molecule has 1 fully saturated rings. The lowest BCUT2D eigenvalue weighted by Crippen LogP contribution is -2.52. The second-order valence-corrected chi connectivity index (χ2v) is 4.10. The molecule has 3 nitrogen and oxygen atoms in total. The number of rotatable bonds is 3. The van der Waals surface area contributed by atoms with E-state index in [9.17, 15) is 5.11 Å². The van der Waals surface area contributed by atoms with Crippen LogP contribution in [0.4, 0.5) is 0 Å². The van der Waals surface area contributed by atoms with Crippen LogP contribution in [0.3, 0.4) is 0 Å². The third-order valence-corrected chi connectivity index (χ3v) is 3.34. The van der Waals surface area contributed by atoms with Crippen molar-refractivity contribution in [1.82, 2.24) is 0 Å². The molecule has 1 aliphatic rings. The number of ether oxygens (including phenoxy) is 1. The highest BCUT2D eigenvalue weighted by Crippen LogP contribution is 2.35. The summed E-state index contributed by atoms with van der Waals surface area (Å²) in [5, 5.41) is 10.4. The van der Waals surface area contributed by atoms with E-state index in [1.807, 2.05) is 6.92 Å². The van der Waals surface area contributed by atoms with Gasteiger partial charge >= 0.3 is 0 Å². The smallest absolute Gasteiger partial charge is 0.0945 e. The summed E-state index contributed by atoms with van der Waals surface area (Å²) in [6.07, 6.45) is 3.99. The minimum atomic E-state index is -0.693. The first-order chi connectivity index (χ1) is 6.15. The molecule has 0 aromatic carbocycles. The van der Waals surface area contributed by atoms with E-state index in [2.05, 4.69) is 0 Å². The van der Waals surface area contributed by atoms with Crippen molar-refractivity contribution in [3.05, 3.63) is 0 Å². The van der Waals surface area contributed by atoms with Crippen LogP contribution in [0.1, 0.15) is 32.6 Å². The lowest BCUT2D eigenvalue weighted by atomic mass is 9.74. The lowest BCUT2D eigenvalue weighted by Gasteiger charge is -2.42. The lowest BCUT2D eigenvalue weighted by molar-refractivity contribution is -0.143. The topological polar surface area (TPSA) is 55.5 Å². The molecule has 3 atom stereocenters. The van der Waals surface area contributed by atoms with Gasteiger partial charge in [0.15, 0.2) is 0 Å². The minimum Gasteiger partial charge on any atom is -0.387 e. The molecule has 0 aromatic heterocycles. The van der Waals surface area contributed by atoms with Gasteiger partial charge in [-0.1, -0.05) is 19.8 Å². The van der Waals surface area contributed by atoms with E-state index in [1.54, 1.807) is 7.11 Å². The van der Waals surface area contributed by atoms with E-state index in [0.717, 1.165) is 25.7 Å². The molecule has 1 aliphatic carbocycles. The Kier molecular flexibility index (Phi) is 3.71. The average molecular weight is 187 g/mol. The predicted octanol–water partition coefficient (Wildman–Crippen LogP) is 0.901. The van der Waals surface area contributed by atoms with E-state index in [1.165, 1.54) is 0 Å². The Hall–Kier alpha value is -0.120. The summed E-state index contributed by atoms with van der Waals surface area (Å²) < 4.78 is 5.32. The van der Waals surface area contributed by atoms with Crippen LogP contribution in [0, 0.1) is 5.92 Å². The average Bonchev–Trinajstić information content (AvgIpc) is 2.17. The van der Waals surface area contributed by atoms with Crippen molar-refractivity contribution in [3.8, 4) is 0 Å². The summed E-state index contributed by atoms with van der Waals surface area (Å²) in [5.41, 5.74) is 4.90. The Morgan fingerprint density at radius 1 is 1.62 bits per heavy atom.